The van der Waals surface area contributed by atoms with Crippen molar-refractivity contribution in [3.05, 3.63) is 64.6 Å². The number of carbonyl (C=O) groups excluding carboxylic acids is 1. The molecule has 0 bridgehead atoms. The highest BCUT2D eigenvalue weighted by Gasteiger charge is 2.32. The number of carbonyl (C=O) groups is 1. The molecule has 0 saturated heterocycles. The van der Waals surface area contributed by atoms with E-state index >= 15 is 0 Å². The molecule has 0 saturated carbocycles. The van der Waals surface area contributed by atoms with Crippen molar-refractivity contribution in [1.82, 2.24) is 9.88 Å². The highest BCUT2D eigenvalue weighted by Crippen LogP contribution is 2.26. The zero-order valence-corrected chi connectivity index (χ0v) is 12.9. The molecule has 1 atom stereocenters. The Labute approximate surface area is 140 Å². The maximum atomic E-state index is 12.4. The number of rotatable bonds is 6. The van der Waals surface area contributed by atoms with E-state index in [0.29, 0.717) is 0 Å². The molecule has 2 aromatic rings. The normalized spacial score (nSPS) is 12.5. The Balaban J connectivity index is 1.98. The summed E-state index contributed by atoms with van der Waals surface area (Å²) < 4.78 is 42.1. The number of aliphatic hydroxyl groups excluding tert-OH is 1. The van der Waals surface area contributed by atoms with Crippen LogP contribution < -0.4 is 15.6 Å². The fourth-order valence-corrected chi connectivity index (χ4v) is 2.08. The smallest absolute Gasteiger partial charge is 0.405 e. The van der Waals surface area contributed by atoms with Crippen LogP contribution in [0.25, 0.3) is 0 Å². The number of nitrogens with zero attached hydrogens (tertiary/aromatic N) is 1. The highest BCUT2D eigenvalue weighted by atomic mass is 19.4. The van der Waals surface area contributed by atoms with Crippen LogP contribution >= 0.6 is 0 Å². The van der Waals surface area contributed by atoms with Gasteiger partial charge in [0.05, 0.1) is 18.2 Å². The molecule has 0 aliphatic rings. The van der Waals surface area contributed by atoms with Gasteiger partial charge in [0.1, 0.15) is 5.75 Å². The number of aliphatic hydroxyl groups is 1. The van der Waals surface area contributed by atoms with Crippen LogP contribution in [0.1, 0.15) is 10.4 Å². The number of pyridine rings is 1. The predicted octanol–water partition coefficient (Wildman–Crippen LogP) is 1.54. The summed E-state index contributed by atoms with van der Waals surface area (Å²) in [7, 11) is 0. The number of hydrogen-bond donors (Lipinski definition) is 2. The summed E-state index contributed by atoms with van der Waals surface area (Å²) in [5.41, 5.74) is -0.638. The Morgan fingerprint density at radius 1 is 1.20 bits per heavy atom. The van der Waals surface area contributed by atoms with Gasteiger partial charge >= 0.3 is 6.36 Å². The average molecular weight is 356 g/mol. The second-order valence-corrected chi connectivity index (χ2v) is 5.10. The Bertz CT molecular complexity index is 789. The summed E-state index contributed by atoms with van der Waals surface area (Å²) >= 11 is 0. The van der Waals surface area contributed by atoms with Crippen molar-refractivity contribution in [2.24, 2.45) is 0 Å². The van der Waals surface area contributed by atoms with E-state index < -0.39 is 24.1 Å². The summed E-state index contributed by atoms with van der Waals surface area (Å²) in [6.45, 7) is -0.318. The molecular weight excluding hydrogens is 341 g/mol. The van der Waals surface area contributed by atoms with Crippen LogP contribution in [0.3, 0.4) is 0 Å². The number of para-hydroxylation sites is 1. The van der Waals surface area contributed by atoms with E-state index in [-0.39, 0.29) is 24.2 Å². The molecule has 2 N–H and O–H groups in total. The van der Waals surface area contributed by atoms with Crippen LogP contribution in [0, 0.1) is 0 Å². The molecule has 134 valence electrons. The highest BCUT2D eigenvalue weighted by molar-refractivity contribution is 5.96. The van der Waals surface area contributed by atoms with Crippen LogP contribution in [0.5, 0.6) is 5.75 Å². The lowest BCUT2D eigenvalue weighted by molar-refractivity contribution is -0.274. The molecule has 1 aromatic carbocycles. The quantitative estimate of drug-likeness (QED) is 0.823. The van der Waals surface area contributed by atoms with Crippen molar-refractivity contribution in [2.45, 2.75) is 19.0 Å². The van der Waals surface area contributed by atoms with E-state index in [9.17, 15) is 27.9 Å². The second-order valence-electron chi connectivity index (χ2n) is 5.10. The van der Waals surface area contributed by atoms with Gasteiger partial charge in [-0.15, -0.1) is 13.2 Å². The first-order valence-electron chi connectivity index (χ1n) is 7.23. The third-order valence-corrected chi connectivity index (χ3v) is 3.16. The van der Waals surface area contributed by atoms with Crippen LogP contribution in [0.15, 0.2) is 53.5 Å². The van der Waals surface area contributed by atoms with Crippen molar-refractivity contribution >= 4 is 5.91 Å². The number of alkyl halides is 3. The number of benzene rings is 1. The number of amides is 1. The van der Waals surface area contributed by atoms with Gasteiger partial charge in [0.15, 0.2) is 0 Å². The third kappa shape index (κ3) is 5.64. The van der Waals surface area contributed by atoms with Gasteiger partial charge in [-0.1, -0.05) is 18.2 Å². The second kappa shape index (κ2) is 7.84. The fraction of sp³-hybridized carbons (Fsp3) is 0.250. The van der Waals surface area contributed by atoms with Gasteiger partial charge in [0.2, 0.25) is 0 Å². The van der Waals surface area contributed by atoms with Crippen molar-refractivity contribution in [2.75, 3.05) is 6.54 Å². The first kappa shape index (κ1) is 18.5. The van der Waals surface area contributed by atoms with Crippen molar-refractivity contribution < 1.29 is 27.8 Å². The van der Waals surface area contributed by atoms with Crippen LogP contribution in [0.2, 0.25) is 0 Å². The van der Waals surface area contributed by atoms with Crippen molar-refractivity contribution in [1.29, 1.82) is 0 Å². The summed E-state index contributed by atoms with van der Waals surface area (Å²) in [5.74, 6) is -1.47. The van der Waals surface area contributed by atoms with E-state index in [0.717, 1.165) is 6.07 Å². The summed E-state index contributed by atoms with van der Waals surface area (Å²) in [6, 6.07) is 9.34. The van der Waals surface area contributed by atoms with Gasteiger partial charge in [0.25, 0.3) is 11.5 Å². The minimum atomic E-state index is -4.93. The number of halogens is 3. The number of nitrogens with one attached hydrogen (secondary N) is 1. The van der Waals surface area contributed by atoms with Crippen LogP contribution in [-0.4, -0.2) is 34.6 Å². The summed E-state index contributed by atoms with van der Waals surface area (Å²) in [5, 5.41) is 12.2. The molecule has 1 aromatic heterocycles. The summed E-state index contributed by atoms with van der Waals surface area (Å²) in [6.07, 6.45) is -4.55. The Morgan fingerprint density at radius 3 is 2.56 bits per heavy atom. The minimum Gasteiger partial charge on any atom is -0.405 e. The molecule has 6 nitrogen and oxygen atoms in total. The molecule has 0 fully saturated rings. The molecule has 2 rings (SSSR count). The molecule has 0 radical (unpaired) electrons. The van der Waals surface area contributed by atoms with Gasteiger partial charge in [0, 0.05) is 18.8 Å². The zero-order chi connectivity index (χ0) is 18.4. The van der Waals surface area contributed by atoms with E-state index in [4.69, 9.17) is 0 Å². The molecule has 0 aliphatic carbocycles. The monoisotopic (exact) mass is 356 g/mol. The fourth-order valence-electron chi connectivity index (χ4n) is 2.08. The van der Waals surface area contributed by atoms with Crippen LogP contribution in [-0.2, 0) is 6.54 Å². The Morgan fingerprint density at radius 2 is 1.88 bits per heavy atom. The minimum absolute atomic E-state index is 0.0688. The largest absolute Gasteiger partial charge is 0.573 e. The van der Waals surface area contributed by atoms with E-state index in [1.807, 2.05) is 0 Å². The molecule has 9 heteroatoms. The lowest BCUT2D eigenvalue weighted by Gasteiger charge is -2.15. The van der Waals surface area contributed by atoms with E-state index in [1.165, 1.54) is 35.0 Å². The van der Waals surface area contributed by atoms with Gasteiger partial charge in [-0.3, -0.25) is 9.59 Å². The van der Waals surface area contributed by atoms with Gasteiger partial charge in [-0.05, 0) is 18.2 Å². The number of ether oxygens (including phenoxy) is 1. The standard InChI is InChI=1S/C16H15F3N2O4/c17-16(18,19)25-13-6-2-1-5-12(13)15(24)20-9-11(22)10-21-8-4-3-7-14(21)23/h1-8,11,22H,9-10H2,(H,20,24). The lowest BCUT2D eigenvalue weighted by atomic mass is 10.2. The first-order chi connectivity index (χ1) is 11.8. The van der Waals surface area contributed by atoms with Crippen molar-refractivity contribution in [3.8, 4) is 5.75 Å². The SMILES string of the molecule is O=C(NCC(O)Cn1ccccc1=O)c1ccccc1OC(F)(F)F. The number of hydrogen-bond acceptors (Lipinski definition) is 4. The Kier molecular flexibility index (Phi) is 5.81. The van der Waals surface area contributed by atoms with Gasteiger partial charge in [-0.2, -0.15) is 0 Å². The molecule has 25 heavy (non-hydrogen) atoms. The zero-order valence-electron chi connectivity index (χ0n) is 12.9. The lowest BCUT2D eigenvalue weighted by Crippen LogP contribution is -2.36. The maximum absolute atomic E-state index is 12.4. The van der Waals surface area contributed by atoms with Gasteiger partial charge in [-0.25, -0.2) is 0 Å². The number of aromatic nitrogens is 1. The topological polar surface area (TPSA) is 80.6 Å². The van der Waals surface area contributed by atoms with E-state index in [2.05, 4.69) is 10.1 Å². The third-order valence-electron chi connectivity index (χ3n) is 3.16. The molecule has 1 unspecified atom stereocenters. The average Bonchev–Trinajstić information content (AvgIpc) is 2.54. The maximum Gasteiger partial charge on any atom is 0.573 e. The first-order valence-corrected chi connectivity index (χ1v) is 7.23. The molecule has 1 heterocycles. The van der Waals surface area contributed by atoms with E-state index in [1.54, 1.807) is 12.1 Å². The molecule has 1 amide bonds. The molecule has 0 spiro atoms. The van der Waals surface area contributed by atoms with Crippen LogP contribution in [0.4, 0.5) is 13.2 Å². The predicted molar refractivity (Wildman–Crippen MR) is 82.2 cm³/mol. The molecular formula is C16H15F3N2O4. The van der Waals surface area contributed by atoms with Crippen molar-refractivity contribution in [3.63, 3.8) is 0 Å². The molecule has 0 aliphatic heterocycles. The van der Waals surface area contributed by atoms with Gasteiger partial charge < -0.3 is 19.7 Å². The Hall–Kier alpha value is -2.81. The summed E-state index contributed by atoms with van der Waals surface area (Å²) in [4.78, 5) is 23.6.